The fourth-order valence-corrected chi connectivity index (χ4v) is 2.41. The van der Waals surface area contributed by atoms with Crippen LogP contribution >= 0.6 is 0 Å². The topological polar surface area (TPSA) is 79.0 Å². The fraction of sp³-hybridized carbons (Fsp3) is 0.471. The highest BCUT2D eigenvalue weighted by molar-refractivity contribution is 6.35. The average molecular weight is 333 g/mol. The number of benzene rings is 1. The van der Waals surface area contributed by atoms with Crippen LogP contribution in [0, 0.1) is 6.92 Å². The van der Waals surface area contributed by atoms with E-state index in [1.54, 1.807) is 6.92 Å². The molecule has 1 aliphatic rings. The quantitative estimate of drug-likeness (QED) is 0.834. The smallest absolute Gasteiger partial charge is 0.409 e. The van der Waals surface area contributed by atoms with E-state index < -0.39 is 11.8 Å². The van der Waals surface area contributed by atoms with Crippen LogP contribution in [0.4, 0.5) is 4.79 Å². The summed E-state index contributed by atoms with van der Waals surface area (Å²) >= 11 is 0. The maximum Gasteiger partial charge on any atom is 0.409 e. The Bertz CT molecular complexity index is 592. The van der Waals surface area contributed by atoms with Gasteiger partial charge in [-0.15, -0.1) is 0 Å². The predicted octanol–water partition coefficient (Wildman–Crippen LogP) is 0.912. The van der Waals surface area contributed by atoms with Gasteiger partial charge in [-0.05, 0) is 19.4 Å². The summed E-state index contributed by atoms with van der Waals surface area (Å²) in [4.78, 5) is 38.8. The van der Waals surface area contributed by atoms with E-state index in [-0.39, 0.29) is 6.09 Å². The second-order valence-electron chi connectivity index (χ2n) is 5.65. The number of piperazine rings is 1. The van der Waals surface area contributed by atoms with Crippen LogP contribution in [0.15, 0.2) is 24.3 Å². The van der Waals surface area contributed by atoms with Gasteiger partial charge in [0.15, 0.2) is 0 Å². The number of aryl methyl sites for hydroxylation is 1. The molecule has 0 bridgehead atoms. The van der Waals surface area contributed by atoms with Crippen molar-refractivity contribution in [2.75, 3.05) is 32.8 Å². The lowest BCUT2D eigenvalue weighted by atomic mass is 10.1. The summed E-state index contributed by atoms with van der Waals surface area (Å²) in [6, 6.07) is 7.74. The van der Waals surface area contributed by atoms with Gasteiger partial charge in [-0.2, -0.15) is 0 Å². The lowest BCUT2D eigenvalue weighted by Gasteiger charge is -2.33. The molecule has 0 aromatic heterocycles. The van der Waals surface area contributed by atoms with Gasteiger partial charge in [-0.3, -0.25) is 9.59 Å². The van der Waals surface area contributed by atoms with Crippen molar-refractivity contribution in [3.8, 4) is 0 Å². The summed E-state index contributed by atoms with van der Waals surface area (Å²) in [7, 11) is 0. The molecule has 0 radical (unpaired) electrons. The molecule has 2 rings (SSSR count). The first-order valence-corrected chi connectivity index (χ1v) is 8.05. The highest BCUT2D eigenvalue weighted by Crippen LogP contribution is 2.05. The van der Waals surface area contributed by atoms with E-state index in [2.05, 4.69) is 5.32 Å². The normalized spacial score (nSPS) is 14.2. The number of amides is 3. The van der Waals surface area contributed by atoms with Gasteiger partial charge >= 0.3 is 17.9 Å². The Kier molecular flexibility index (Phi) is 6.17. The molecule has 1 aliphatic heterocycles. The largest absolute Gasteiger partial charge is 0.450 e. The molecule has 24 heavy (non-hydrogen) atoms. The molecule has 1 fully saturated rings. The monoisotopic (exact) mass is 333 g/mol. The lowest BCUT2D eigenvalue weighted by molar-refractivity contribution is -0.146. The first-order valence-electron chi connectivity index (χ1n) is 8.05. The number of carbonyl (C=O) groups is 3. The second kappa shape index (κ2) is 8.33. The number of hydrogen-bond acceptors (Lipinski definition) is 4. The third-order valence-electron chi connectivity index (χ3n) is 3.86. The van der Waals surface area contributed by atoms with E-state index in [0.717, 1.165) is 11.1 Å². The molecule has 1 aromatic carbocycles. The van der Waals surface area contributed by atoms with Gasteiger partial charge in [0.1, 0.15) is 0 Å². The van der Waals surface area contributed by atoms with E-state index in [0.29, 0.717) is 39.3 Å². The van der Waals surface area contributed by atoms with Crippen molar-refractivity contribution in [2.24, 2.45) is 0 Å². The molecule has 1 heterocycles. The van der Waals surface area contributed by atoms with Gasteiger partial charge in [0.25, 0.3) is 0 Å². The summed E-state index contributed by atoms with van der Waals surface area (Å²) in [6.45, 7) is 5.77. The number of rotatable bonds is 3. The molecule has 0 aliphatic carbocycles. The summed E-state index contributed by atoms with van der Waals surface area (Å²) in [6.07, 6.45) is -0.381. The number of carbonyl (C=O) groups excluding carboxylic acids is 3. The van der Waals surface area contributed by atoms with Gasteiger partial charge in [-0.1, -0.05) is 29.8 Å². The summed E-state index contributed by atoms with van der Waals surface area (Å²) < 4.78 is 4.92. The Morgan fingerprint density at radius 1 is 1.04 bits per heavy atom. The van der Waals surface area contributed by atoms with Crippen LogP contribution in [0.2, 0.25) is 0 Å². The van der Waals surface area contributed by atoms with E-state index in [1.807, 2.05) is 31.2 Å². The molecule has 1 N–H and O–H groups in total. The fourth-order valence-electron chi connectivity index (χ4n) is 2.41. The van der Waals surface area contributed by atoms with Crippen molar-refractivity contribution in [1.82, 2.24) is 15.1 Å². The molecule has 1 saturated heterocycles. The predicted molar refractivity (Wildman–Crippen MR) is 88.2 cm³/mol. The van der Waals surface area contributed by atoms with Crippen LogP contribution < -0.4 is 5.32 Å². The van der Waals surface area contributed by atoms with Gasteiger partial charge in [0.05, 0.1) is 6.61 Å². The van der Waals surface area contributed by atoms with E-state index >= 15 is 0 Å². The average Bonchev–Trinajstić information content (AvgIpc) is 2.60. The Hall–Kier alpha value is -2.57. The zero-order valence-electron chi connectivity index (χ0n) is 14.1. The van der Waals surface area contributed by atoms with Crippen molar-refractivity contribution in [1.29, 1.82) is 0 Å². The maximum absolute atomic E-state index is 12.2. The van der Waals surface area contributed by atoms with Crippen LogP contribution in [0.5, 0.6) is 0 Å². The zero-order valence-corrected chi connectivity index (χ0v) is 14.1. The third-order valence-corrected chi connectivity index (χ3v) is 3.86. The highest BCUT2D eigenvalue weighted by atomic mass is 16.6. The van der Waals surface area contributed by atoms with Gasteiger partial charge in [0, 0.05) is 32.7 Å². The molecule has 7 heteroatoms. The van der Waals surface area contributed by atoms with Crippen molar-refractivity contribution in [2.45, 2.75) is 20.4 Å². The number of nitrogens with one attached hydrogen (secondary N) is 1. The minimum Gasteiger partial charge on any atom is -0.450 e. The second-order valence-corrected chi connectivity index (χ2v) is 5.65. The molecule has 0 spiro atoms. The van der Waals surface area contributed by atoms with Crippen LogP contribution in [-0.2, 0) is 20.9 Å². The first kappa shape index (κ1) is 17.8. The van der Waals surface area contributed by atoms with Gasteiger partial charge in [-0.25, -0.2) is 4.79 Å². The lowest BCUT2D eigenvalue weighted by Crippen LogP contribution is -2.53. The molecular formula is C17H23N3O4. The molecule has 1 aromatic rings. The Labute approximate surface area is 141 Å². The van der Waals surface area contributed by atoms with E-state index in [1.165, 1.54) is 9.80 Å². The number of nitrogens with zero attached hydrogens (tertiary/aromatic N) is 2. The zero-order chi connectivity index (χ0) is 17.5. The summed E-state index contributed by atoms with van der Waals surface area (Å²) in [5, 5.41) is 2.63. The van der Waals surface area contributed by atoms with Crippen LogP contribution in [0.1, 0.15) is 18.1 Å². The SMILES string of the molecule is CCOC(=O)N1CCN(C(=O)C(=O)NCc2ccc(C)cc2)CC1. The van der Waals surface area contributed by atoms with Crippen molar-refractivity contribution in [3.63, 3.8) is 0 Å². The van der Waals surface area contributed by atoms with E-state index in [4.69, 9.17) is 4.74 Å². The van der Waals surface area contributed by atoms with Crippen LogP contribution in [-0.4, -0.2) is 60.5 Å². The Morgan fingerprint density at radius 3 is 2.21 bits per heavy atom. The molecule has 130 valence electrons. The van der Waals surface area contributed by atoms with Crippen molar-refractivity contribution < 1.29 is 19.1 Å². The number of ether oxygens (including phenoxy) is 1. The van der Waals surface area contributed by atoms with E-state index in [9.17, 15) is 14.4 Å². The molecular weight excluding hydrogens is 310 g/mol. The number of hydrogen-bond donors (Lipinski definition) is 1. The Morgan fingerprint density at radius 2 is 1.62 bits per heavy atom. The minimum atomic E-state index is -0.625. The third kappa shape index (κ3) is 4.71. The molecule has 7 nitrogen and oxygen atoms in total. The van der Waals surface area contributed by atoms with Crippen LogP contribution in [0.25, 0.3) is 0 Å². The minimum absolute atomic E-state index is 0.313. The maximum atomic E-state index is 12.2. The molecule has 0 unspecified atom stereocenters. The molecule has 3 amide bonds. The van der Waals surface area contributed by atoms with Gasteiger partial charge in [0.2, 0.25) is 0 Å². The highest BCUT2D eigenvalue weighted by Gasteiger charge is 2.28. The van der Waals surface area contributed by atoms with Crippen molar-refractivity contribution in [3.05, 3.63) is 35.4 Å². The van der Waals surface area contributed by atoms with Gasteiger partial charge < -0.3 is 19.9 Å². The van der Waals surface area contributed by atoms with Crippen LogP contribution in [0.3, 0.4) is 0 Å². The van der Waals surface area contributed by atoms with Crippen molar-refractivity contribution >= 4 is 17.9 Å². The standard InChI is InChI=1S/C17H23N3O4/c1-3-24-17(23)20-10-8-19(9-11-20)16(22)15(21)18-12-14-6-4-13(2)5-7-14/h4-7H,3,8-12H2,1-2H3,(H,18,21). The molecule has 0 atom stereocenters. The summed E-state index contributed by atoms with van der Waals surface area (Å²) in [5.41, 5.74) is 2.08. The first-order chi connectivity index (χ1) is 11.5. The summed E-state index contributed by atoms with van der Waals surface area (Å²) in [5.74, 6) is -1.19. The molecule has 0 saturated carbocycles. The Balaban J connectivity index is 1.78.